The summed E-state index contributed by atoms with van der Waals surface area (Å²) in [6.45, 7) is 4.07. The van der Waals surface area contributed by atoms with Gasteiger partial charge in [0.2, 0.25) is 5.91 Å². The molecular weight excluding hydrogens is 438 g/mol. The fourth-order valence-electron chi connectivity index (χ4n) is 5.07. The SMILES string of the molecule is [2H]C([2H])(c1ccc(C([2H])([2H])N2CCOCC2)cc1)c1ccc2c3c(cccc13)C(=O)N2C1CCC(=C)NC1=O. The van der Waals surface area contributed by atoms with Crippen molar-refractivity contribution in [2.45, 2.75) is 31.8 Å². The van der Waals surface area contributed by atoms with Crippen molar-refractivity contribution in [1.82, 2.24) is 10.2 Å². The van der Waals surface area contributed by atoms with Gasteiger partial charge in [0.25, 0.3) is 5.91 Å². The highest BCUT2D eigenvalue weighted by Gasteiger charge is 2.39. The van der Waals surface area contributed by atoms with E-state index in [1.807, 2.05) is 0 Å². The average molecular weight is 472 g/mol. The van der Waals surface area contributed by atoms with Crippen LogP contribution in [0.15, 0.2) is 66.9 Å². The molecule has 1 atom stereocenters. The van der Waals surface area contributed by atoms with Gasteiger partial charge in [-0.05, 0) is 53.4 Å². The van der Waals surface area contributed by atoms with Gasteiger partial charge in [0.05, 0.1) is 18.9 Å². The number of nitrogens with zero attached hydrogens (tertiary/aromatic N) is 2. The number of hydrogen-bond donors (Lipinski definition) is 1. The Morgan fingerprint density at radius 1 is 1.03 bits per heavy atom. The number of benzene rings is 3. The highest BCUT2D eigenvalue weighted by Crippen LogP contribution is 2.41. The molecule has 35 heavy (non-hydrogen) atoms. The first-order chi connectivity index (χ1) is 18.6. The van der Waals surface area contributed by atoms with Crippen LogP contribution in [0.25, 0.3) is 10.8 Å². The molecule has 6 rings (SSSR count). The fraction of sp³-hybridized carbons (Fsp3) is 0.310. The second-order valence-corrected chi connectivity index (χ2v) is 9.10. The van der Waals surface area contributed by atoms with Crippen LogP contribution in [0.1, 0.15) is 45.4 Å². The lowest BCUT2D eigenvalue weighted by Crippen LogP contribution is -2.51. The van der Waals surface area contributed by atoms with E-state index in [4.69, 9.17) is 10.2 Å². The lowest BCUT2D eigenvalue weighted by Gasteiger charge is -2.31. The van der Waals surface area contributed by atoms with Gasteiger partial charge in [-0.15, -0.1) is 0 Å². The van der Waals surface area contributed by atoms with Crippen molar-refractivity contribution >= 4 is 28.3 Å². The van der Waals surface area contributed by atoms with E-state index in [2.05, 4.69) is 11.9 Å². The van der Waals surface area contributed by atoms with E-state index in [0.29, 0.717) is 83.6 Å². The van der Waals surface area contributed by atoms with Crippen molar-refractivity contribution in [3.05, 3.63) is 89.1 Å². The van der Waals surface area contributed by atoms with Crippen LogP contribution in [0.5, 0.6) is 0 Å². The standard InChI is InChI=1S/C29H29N3O3/c1-19-5-11-26(28(33)30-19)32-25-12-10-22(23-3-2-4-24(27(23)25)29(32)34)17-20-6-8-21(9-7-20)18-31-13-15-35-16-14-31/h2-4,6-10,12,26H,1,5,11,13-18H2,(H,30,33)/i17D2,18D2. The van der Waals surface area contributed by atoms with Gasteiger partial charge < -0.3 is 10.1 Å². The Morgan fingerprint density at radius 3 is 2.57 bits per heavy atom. The summed E-state index contributed by atoms with van der Waals surface area (Å²) in [6, 6.07) is 14.6. The Bertz CT molecular complexity index is 1500. The van der Waals surface area contributed by atoms with Crippen molar-refractivity contribution in [3.8, 4) is 0 Å². The minimum Gasteiger partial charge on any atom is -0.379 e. The maximum atomic E-state index is 13.5. The molecule has 178 valence electrons. The number of amides is 2. The van der Waals surface area contributed by atoms with Crippen molar-refractivity contribution in [1.29, 1.82) is 0 Å². The van der Waals surface area contributed by atoms with E-state index in [9.17, 15) is 9.59 Å². The third-order valence-electron chi connectivity index (χ3n) is 6.82. The fourth-order valence-corrected chi connectivity index (χ4v) is 5.07. The number of anilines is 1. The molecule has 3 aromatic rings. The molecule has 0 aliphatic carbocycles. The smallest absolute Gasteiger partial charge is 0.259 e. The highest BCUT2D eigenvalue weighted by molar-refractivity contribution is 6.27. The van der Waals surface area contributed by atoms with E-state index in [-0.39, 0.29) is 11.8 Å². The number of rotatable bonds is 5. The van der Waals surface area contributed by atoms with Gasteiger partial charge in [-0.1, -0.05) is 49.0 Å². The lowest BCUT2D eigenvalue weighted by atomic mass is 9.95. The zero-order chi connectivity index (χ0) is 27.5. The number of ether oxygens (including phenoxy) is 1. The zero-order valence-electron chi connectivity index (χ0n) is 23.3. The molecule has 2 fully saturated rings. The molecule has 0 aromatic heterocycles. The molecule has 6 nitrogen and oxygen atoms in total. The Hall–Kier alpha value is -3.48. The van der Waals surface area contributed by atoms with E-state index in [1.165, 1.54) is 4.90 Å². The second-order valence-electron chi connectivity index (χ2n) is 9.10. The molecule has 1 unspecified atom stereocenters. The van der Waals surface area contributed by atoms with Gasteiger partial charge in [0, 0.05) is 41.7 Å². The van der Waals surface area contributed by atoms with Crippen molar-refractivity contribution in [2.75, 3.05) is 31.2 Å². The van der Waals surface area contributed by atoms with Gasteiger partial charge in [-0.3, -0.25) is 19.4 Å². The quantitative estimate of drug-likeness (QED) is 0.611. The summed E-state index contributed by atoms with van der Waals surface area (Å²) in [5.41, 5.74) is 2.94. The van der Waals surface area contributed by atoms with Gasteiger partial charge in [0.1, 0.15) is 6.04 Å². The molecule has 2 amide bonds. The number of nitrogens with one attached hydrogen (secondary N) is 1. The summed E-state index contributed by atoms with van der Waals surface area (Å²) in [6.07, 6.45) is -0.865. The van der Waals surface area contributed by atoms with Crippen LogP contribution >= 0.6 is 0 Å². The monoisotopic (exact) mass is 471 g/mol. The molecule has 1 N–H and O–H groups in total. The molecule has 0 spiro atoms. The van der Waals surface area contributed by atoms with Gasteiger partial charge in [0.15, 0.2) is 0 Å². The molecule has 0 radical (unpaired) electrons. The summed E-state index contributed by atoms with van der Waals surface area (Å²) in [5.74, 6) is -0.535. The number of allylic oxidation sites excluding steroid dienone is 1. The average Bonchev–Trinajstić information content (AvgIpc) is 3.22. The summed E-state index contributed by atoms with van der Waals surface area (Å²) >= 11 is 0. The van der Waals surface area contributed by atoms with E-state index in [0.717, 1.165) is 0 Å². The largest absolute Gasteiger partial charge is 0.379 e. The minimum absolute atomic E-state index is 0.267. The highest BCUT2D eigenvalue weighted by atomic mass is 16.5. The summed E-state index contributed by atoms with van der Waals surface area (Å²) in [5, 5.41) is 4.01. The maximum Gasteiger partial charge on any atom is 0.259 e. The molecule has 3 heterocycles. The minimum atomic E-state index is -1.92. The second kappa shape index (κ2) is 8.95. The molecule has 3 aromatic carbocycles. The summed E-state index contributed by atoms with van der Waals surface area (Å²) in [4.78, 5) is 29.5. The molecule has 3 aliphatic heterocycles. The van der Waals surface area contributed by atoms with Crippen molar-refractivity contribution < 1.29 is 19.8 Å². The normalized spacial score (nSPS) is 23.0. The summed E-state index contributed by atoms with van der Waals surface area (Å²) in [7, 11) is 0. The molecule has 3 aliphatic rings. The lowest BCUT2D eigenvalue weighted by molar-refractivity contribution is -0.122. The molecule has 0 saturated carbocycles. The van der Waals surface area contributed by atoms with Gasteiger partial charge >= 0.3 is 0 Å². The first-order valence-electron chi connectivity index (χ1n) is 13.9. The summed E-state index contributed by atoms with van der Waals surface area (Å²) < 4.78 is 40.8. The van der Waals surface area contributed by atoms with Crippen LogP contribution < -0.4 is 10.2 Å². The van der Waals surface area contributed by atoms with Crippen molar-refractivity contribution in [3.63, 3.8) is 0 Å². The number of morpholine rings is 1. The first kappa shape index (κ1) is 17.9. The van der Waals surface area contributed by atoms with Gasteiger partial charge in [-0.2, -0.15) is 0 Å². The molecule has 0 bridgehead atoms. The molecule has 6 heteroatoms. The maximum absolute atomic E-state index is 13.5. The Balaban J connectivity index is 1.37. The van der Waals surface area contributed by atoms with E-state index in [1.54, 1.807) is 59.5 Å². The first-order valence-corrected chi connectivity index (χ1v) is 11.9. The number of carbonyl (C=O) groups is 2. The number of piperidine rings is 1. The molecular formula is C29H29N3O3. The van der Waals surface area contributed by atoms with Crippen LogP contribution in [0.2, 0.25) is 0 Å². The van der Waals surface area contributed by atoms with Crippen LogP contribution in [-0.2, 0) is 22.4 Å². The predicted octanol–water partition coefficient (Wildman–Crippen LogP) is 4.02. The van der Waals surface area contributed by atoms with Crippen molar-refractivity contribution in [2.24, 2.45) is 0 Å². The van der Waals surface area contributed by atoms with Crippen LogP contribution in [0.3, 0.4) is 0 Å². The predicted molar refractivity (Wildman–Crippen MR) is 136 cm³/mol. The Kier molecular flexibility index (Phi) is 4.57. The van der Waals surface area contributed by atoms with Crippen LogP contribution in [0, 0.1) is 0 Å². The zero-order valence-corrected chi connectivity index (χ0v) is 19.3. The van der Waals surface area contributed by atoms with Crippen LogP contribution in [0.4, 0.5) is 5.69 Å². The Labute approximate surface area is 210 Å². The molecule has 2 saturated heterocycles. The number of carbonyl (C=O) groups excluding carboxylic acids is 2. The third kappa shape index (κ3) is 4.03. The van der Waals surface area contributed by atoms with E-state index >= 15 is 0 Å². The van der Waals surface area contributed by atoms with E-state index < -0.39 is 18.9 Å². The Morgan fingerprint density at radius 2 is 1.80 bits per heavy atom. The number of hydrogen-bond acceptors (Lipinski definition) is 4. The third-order valence-corrected chi connectivity index (χ3v) is 6.82. The van der Waals surface area contributed by atoms with Crippen LogP contribution in [-0.4, -0.2) is 49.1 Å². The topological polar surface area (TPSA) is 61.9 Å². The van der Waals surface area contributed by atoms with Gasteiger partial charge in [-0.25, -0.2) is 0 Å².